The van der Waals surface area contributed by atoms with Gasteiger partial charge in [0.15, 0.2) is 5.60 Å². The van der Waals surface area contributed by atoms with E-state index in [1.807, 2.05) is 0 Å². The number of amidine groups is 1. The van der Waals surface area contributed by atoms with Crippen molar-refractivity contribution in [2.45, 2.75) is 18.1 Å². The summed E-state index contributed by atoms with van der Waals surface area (Å²) in [5, 5.41) is 0. The van der Waals surface area contributed by atoms with Gasteiger partial charge in [-0.25, -0.2) is 13.2 Å². The molecule has 0 saturated carbocycles. The zero-order chi connectivity index (χ0) is 16.5. The number of carbonyl (C=O) groups is 1. The van der Waals surface area contributed by atoms with Crippen molar-refractivity contribution in [2.24, 2.45) is 16.5 Å². The van der Waals surface area contributed by atoms with Crippen LogP contribution < -0.4 is 11.5 Å². The molecule has 0 bridgehead atoms. The summed E-state index contributed by atoms with van der Waals surface area (Å²) >= 11 is 0. The Balaban J connectivity index is 2.51. The molecule has 1 aromatic rings. The second-order valence-electron chi connectivity index (χ2n) is 5.38. The highest BCUT2D eigenvalue weighted by Gasteiger charge is 2.45. The van der Waals surface area contributed by atoms with Crippen molar-refractivity contribution in [1.29, 1.82) is 0 Å². The minimum absolute atomic E-state index is 0.0121. The van der Waals surface area contributed by atoms with E-state index in [-0.39, 0.29) is 17.7 Å². The molecule has 0 spiro atoms. The number of benzene rings is 1. The number of carbonyl (C=O) groups excluding carboxylic acids is 1. The van der Waals surface area contributed by atoms with E-state index >= 15 is 0 Å². The lowest BCUT2D eigenvalue weighted by Gasteiger charge is -2.39. The number of amides is 1. The van der Waals surface area contributed by atoms with Gasteiger partial charge >= 0.3 is 0 Å². The van der Waals surface area contributed by atoms with Gasteiger partial charge in [-0.1, -0.05) is 0 Å². The predicted molar refractivity (Wildman–Crippen MR) is 74.5 cm³/mol. The second-order valence-corrected chi connectivity index (χ2v) is 5.38. The number of alkyl halides is 2. The maximum atomic E-state index is 14.1. The van der Waals surface area contributed by atoms with E-state index in [4.69, 9.17) is 16.2 Å². The zero-order valence-corrected chi connectivity index (χ0v) is 11.9. The van der Waals surface area contributed by atoms with Crippen LogP contribution in [-0.2, 0) is 10.3 Å². The first kappa shape index (κ1) is 16.3. The molecule has 1 heterocycles. The molecule has 0 radical (unpaired) electrons. The number of hydrogen-bond acceptors (Lipinski definition) is 4. The maximum Gasteiger partial charge on any atom is 0.248 e. The minimum Gasteiger partial charge on any atom is -0.385 e. The SMILES string of the molecule is CC1(c2cc(C(N)=O)ccc2F)COC(CF)(CF)C(N)=N1. The number of nitrogens with two attached hydrogens (primary N) is 2. The Morgan fingerprint density at radius 1 is 1.41 bits per heavy atom. The van der Waals surface area contributed by atoms with E-state index < -0.39 is 42.0 Å². The summed E-state index contributed by atoms with van der Waals surface area (Å²) in [4.78, 5) is 15.3. The first-order valence-corrected chi connectivity index (χ1v) is 6.49. The molecule has 5 nitrogen and oxygen atoms in total. The number of ether oxygens (including phenoxy) is 1. The third-order valence-corrected chi connectivity index (χ3v) is 3.73. The van der Waals surface area contributed by atoms with Gasteiger partial charge in [0.1, 0.15) is 30.5 Å². The predicted octanol–water partition coefficient (Wildman–Crippen LogP) is 1.21. The van der Waals surface area contributed by atoms with E-state index in [1.54, 1.807) is 0 Å². The van der Waals surface area contributed by atoms with Gasteiger partial charge in [0.2, 0.25) is 5.91 Å². The molecule has 22 heavy (non-hydrogen) atoms. The Labute approximate surface area is 125 Å². The van der Waals surface area contributed by atoms with Crippen LogP contribution in [-0.4, -0.2) is 37.3 Å². The number of aliphatic imine (C=N–C) groups is 1. The first-order valence-electron chi connectivity index (χ1n) is 6.49. The first-order chi connectivity index (χ1) is 10.3. The molecule has 120 valence electrons. The van der Waals surface area contributed by atoms with Crippen LogP contribution in [0.25, 0.3) is 0 Å². The normalized spacial score (nSPS) is 23.9. The van der Waals surface area contributed by atoms with Crippen LogP contribution in [0, 0.1) is 5.82 Å². The molecule has 2 rings (SSSR count). The molecular formula is C14H16F3N3O2. The molecule has 1 atom stereocenters. The molecule has 0 aromatic heterocycles. The quantitative estimate of drug-likeness (QED) is 0.875. The molecule has 1 aromatic carbocycles. The van der Waals surface area contributed by atoms with Gasteiger partial charge < -0.3 is 16.2 Å². The number of primary amides is 1. The monoisotopic (exact) mass is 315 g/mol. The molecular weight excluding hydrogens is 299 g/mol. The topological polar surface area (TPSA) is 90.7 Å². The van der Waals surface area contributed by atoms with Gasteiger partial charge in [-0.2, -0.15) is 0 Å². The lowest BCUT2D eigenvalue weighted by Crippen LogP contribution is -2.56. The van der Waals surface area contributed by atoms with E-state index in [0.29, 0.717) is 0 Å². The molecule has 8 heteroatoms. The summed E-state index contributed by atoms with van der Waals surface area (Å²) in [5.41, 5.74) is 7.64. The highest BCUT2D eigenvalue weighted by molar-refractivity contribution is 5.93. The van der Waals surface area contributed by atoms with Gasteiger partial charge in [0.25, 0.3) is 0 Å². The van der Waals surface area contributed by atoms with Crippen LogP contribution in [0.2, 0.25) is 0 Å². The lowest BCUT2D eigenvalue weighted by molar-refractivity contribution is -0.0575. The van der Waals surface area contributed by atoms with Gasteiger partial charge in [-0.15, -0.1) is 0 Å². The van der Waals surface area contributed by atoms with Crippen molar-refractivity contribution in [2.75, 3.05) is 20.0 Å². The van der Waals surface area contributed by atoms with E-state index in [1.165, 1.54) is 19.1 Å². The summed E-state index contributed by atoms with van der Waals surface area (Å²) < 4.78 is 45.3. The van der Waals surface area contributed by atoms with Gasteiger partial charge in [-0.3, -0.25) is 9.79 Å². The van der Waals surface area contributed by atoms with Gasteiger partial charge in [-0.05, 0) is 25.1 Å². The molecule has 0 aliphatic carbocycles. The van der Waals surface area contributed by atoms with Crippen molar-refractivity contribution < 1.29 is 22.7 Å². The maximum absolute atomic E-state index is 14.1. The van der Waals surface area contributed by atoms with E-state index in [0.717, 1.165) is 6.07 Å². The minimum atomic E-state index is -1.93. The molecule has 0 fully saturated rings. The summed E-state index contributed by atoms with van der Waals surface area (Å²) in [6.07, 6.45) is 0. The third kappa shape index (κ3) is 2.54. The van der Waals surface area contributed by atoms with Crippen molar-refractivity contribution in [3.8, 4) is 0 Å². The zero-order valence-electron chi connectivity index (χ0n) is 11.9. The fourth-order valence-corrected chi connectivity index (χ4v) is 2.23. The highest BCUT2D eigenvalue weighted by Crippen LogP contribution is 2.35. The highest BCUT2D eigenvalue weighted by atomic mass is 19.1. The summed E-state index contributed by atoms with van der Waals surface area (Å²) in [5.74, 6) is -1.78. The smallest absolute Gasteiger partial charge is 0.248 e. The molecule has 4 N–H and O–H groups in total. The number of nitrogens with zero attached hydrogens (tertiary/aromatic N) is 1. The Bertz CT molecular complexity index is 632. The molecule has 1 unspecified atom stereocenters. The Morgan fingerprint density at radius 2 is 2.05 bits per heavy atom. The molecule has 1 aliphatic heterocycles. The van der Waals surface area contributed by atoms with E-state index in [9.17, 15) is 18.0 Å². The van der Waals surface area contributed by atoms with Crippen molar-refractivity contribution in [3.63, 3.8) is 0 Å². The number of rotatable bonds is 4. The number of hydrogen-bond donors (Lipinski definition) is 2. The van der Waals surface area contributed by atoms with Crippen LogP contribution >= 0.6 is 0 Å². The van der Waals surface area contributed by atoms with Gasteiger partial charge in [0, 0.05) is 11.1 Å². The fraction of sp³-hybridized carbons (Fsp3) is 0.429. The van der Waals surface area contributed by atoms with Crippen molar-refractivity contribution in [1.82, 2.24) is 0 Å². The Hall–Kier alpha value is -2.09. The third-order valence-electron chi connectivity index (χ3n) is 3.73. The summed E-state index contributed by atoms with van der Waals surface area (Å²) in [7, 11) is 0. The molecule has 1 aliphatic rings. The van der Waals surface area contributed by atoms with Crippen LogP contribution in [0.1, 0.15) is 22.8 Å². The van der Waals surface area contributed by atoms with Crippen LogP contribution in [0.15, 0.2) is 23.2 Å². The molecule has 0 saturated heterocycles. The average Bonchev–Trinajstić information content (AvgIpc) is 2.48. The lowest BCUT2D eigenvalue weighted by atomic mass is 9.89. The summed E-state index contributed by atoms with van der Waals surface area (Å²) in [6, 6.07) is 3.53. The van der Waals surface area contributed by atoms with Gasteiger partial charge in [0.05, 0.1) is 6.61 Å². The van der Waals surface area contributed by atoms with Crippen molar-refractivity contribution >= 4 is 11.7 Å². The van der Waals surface area contributed by atoms with Crippen LogP contribution in [0.4, 0.5) is 13.2 Å². The largest absolute Gasteiger partial charge is 0.385 e. The van der Waals surface area contributed by atoms with Crippen molar-refractivity contribution in [3.05, 3.63) is 35.1 Å². The van der Waals surface area contributed by atoms with E-state index in [2.05, 4.69) is 4.99 Å². The standard InChI is InChI=1S/C14H16F3N3O2/c1-13(7-22-14(5-15,6-16)12(19)20-13)9-4-8(11(18)21)2-3-10(9)17/h2-4H,5-7H2,1H3,(H2,18,21)(H2,19,20). The second kappa shape index (κ2) is 5.60. The average molecular weight is 315 g/mol. The fourth-order valence-electron chi connectivity index (χ4n) is 2.23. The van der Waals surface area contributed by atoms with Crippen LogP contribution in [0.5, 0.6) is 0 Å². The Morgan fingerprint density at radius 3 is 2.55 bits per heavy atom. The molecule has 1 amide bonds. The number of halogens is 3. The Kier molecular flexibility index (Phi) is 4.15. The van der Waals surface area contributed by atoms with Crippen LogP contribution in [0.3, 0.4) is 0 Å². The summed E-state index contributed by atoms with van der Waals surface area (Å²) in [6.45, 7) is -1.17.